The molecule has 0 saturated carbocycles. The molecular formula is C12H22N2O. The summed E-state index contributed by atoms with van der Waals surface area (Å²) in [6, 6.07) is 0. The molecule has 2 N–H and O–H groups in total. The van der Waals surface area contributed by atoms with E-state index < -0.39 is 0 Å². The van der Waals surface area contributed by atoms with Crippen LogP contribution in [0.15, 0.2) is 0 Å². The Bertz CT molecular complexity index is 240. The molecule has 0 aliphatic heterocycles. The largest absolute Gasteiger partial charge is 0.342 e. The van der Waals surface area contributed by atoms with Crippen molar-refractivity contribution in [2.45, 2.75) is 33.6 Å². The molecule has 3 heteroatoms. The smallest absolute Gasteiger partial charge is 0.223 e. The number of carbonyl (C=O) groups excluding carboxylic acids is 1. The van der Waals surface area contributed by atoms with E-state index in [9.17, 15) is 4.79 Å². The van der Waals surface area contributed by atoms with Crippen LogP contribution in [0.4, 0.5) is 0 Å². The lowest BCUT2D eigenvalue weighted by Crippen LogP contribution is -2.41. The van der Waals surface area contributed by atoms with Crippen molar-refractivity contribution in [3.63, 3.8) is 0 Å². The third kappa shape index (κ3) is 5.44. The van der Waals surface area contributed by atoms with E-state index in [4.69, 9.17) is 12.2 Å². The van der Waals surface area contributed by atoms with E-state index in [2.05, 4.69) is 19.8 Å². The summed E-state index contributed by atoms with van der Waals surface area (Å²) in [7, 11) is 0. The first-order valence-corrected chi connectivity index (χ1v) is 5.38. The van der Waals surface area contributed by atoms with Crippen LogP contribution >= 0.6 is 0 Å². The number of hydrogen-bond donors (Lipinski definition) is 1. The second-order valence-corrected chi connectivity index (χ2v) is 4.48. The molecule has 0 atom stereocenters. The number of carbonyl (C=O) groups is 1. The fourth-order valence-corrected chi connectivity index (χ4v) is 1.29. The Morgan fingerprint density at radius 1 is 1.53 bits per heavy atom. The van der Waals surface area contributed by atoms with Crippen molar-refractivity contribution in [2.24, 2.45) is 11.1 Å². The molecule has 0 fully saturated rings. The van der Waals surface area contributed by atoms with Crippen molar-refractivity contribution in [3.8, 4) is 12.3 Å². The summed E-state index contributed by atoms with van der Waals surface area (Å²) in [5, 5.41) is 0. The molecule has 0 aliphatic rings. The standard InChI is InChI=1S/C12H22N2O/c1-5-7-8-11(15)14(6-2)10-12(3,4)9-13/h1H,6-10,13H2,2-4H3. The van der Waals surface area contributed by atoms with E-state index >= 15 is 0 Å². The maximum Gasteiger partial charge on any atom is 0.223 e. The third-order valence-electron chi connectivity index (χ3n) is 2.39. The van der Waals surface area contributed by atoms with Crippen LogP contribution in [0.25, 0.3) is 0 Å². The monoisotopic (exact) mass is 210 g/mol. The van der Waals surface area contributed by atoms with Gasteiger partial charge in [-0.3, -0.25) is 4.79 Å². The molecular weight excluding hydrogens is 188 g/mol. The van der Waals surface area contributed by atoms with Gasteiger partial charge >= 0.3 is 0 Å². The van der Waals surface area contributed by atoms with Crippen LogP contribution in [0.2, 0.25) is 0 Å². The minimum absolute atomic E-state index is 0.0260. The molecule has 1 amide bonds. The Balaban J connectivity index is 4.25. The first-order valence-electron chi connectivity index (χ1n) is 5.38. The average Bonchev–Trinajstić information content (AvgIpc) is 2.22. The van der Waals surface area contributed by atoms with E-state index in [1.165, 1.54) is 0 Å². The number of amides is 1. The van der Waals surface area contributed by atoms with Crippen molar-refractivity contribution < 1.29 is 4.79 Å². The highest BCUT2D eigenvalue weighted by atomic mass is 16.2. The topological polar surface area (TPSA) is 46.3 Å². The quantitative estimate of drug-likeness (QED) is 0.670. The number of nitrogens with two attached hydrogens (primary N) is 1. The van der Waals surface area contributed by atoms with Crippen molar-refractivity contribution in [2.75, 3.05) is 19.6 Å². The Labute approximate surface area is 93.0 Å². The number of hydrogen-bond acceptors (Lipinski definition) is 2. The van der Waals surface area contributed by atoms with Crippen LogP contribution < -0.4 is 5.73 Å². The summed E-state index contributed by atoms with van der Waals surface area (Å²) in [6.07, 6.45) is 6.08. The van der Waals surface area contributed by atoms with Gasteiger partial charge in [0.05, 0.1) is 0 Å². The Morgan fingerprint density at radius 2 is 2.13 bits per heavy atom. The van der Waals surface area contributed by atoms with Gasteiger partial charge in [0, 0.05) is 25.9 Å². The fourth-order valence-electron chi connectivity index (χ4n) is 1.29. The molecule has 0 aromatic heterocycles. The molecule has 86 valence electrons. The summed E-state index contributed by atoms with van der Waals surface area (Å²) in [5.74, 6) is 2.60. The van der Waals surface area contributed by atoms with Crippen LogP contribution in [0.3, 0.4) is 0 Å². The molecule has 0 aliphatic carbocycles. The van der Waals surface area contributed by atoms with Gasteiger partial charge in [-0.2, -0.15) is 0 Å². The molecule has 0 radical (unpaired) electrons. The lowest BCUT2D eigenvalue weighted by Gasteiger charge is -2.31. The zero-order chi connectivity index (χ0) is 11.9. The minimum Gasteiger partial charge on any atom is -0.342 e. The molecule has 0 saturated heterocycles. The molecule has 3 nitrogen and oxygen atoms in total. The fraction of sp³-hybridized carbons (Fsp3) is 0.750. The normalized spacial score (nSPS) is 10.9. The summed E-state index contributed by atoms with van der Waals surface area (Å²) in [5.41, 5.74) is 5.61. The third-order valence-corrected chi connectivity index (χ3v) is 2.39. The zero-order valence-corrected chi connectivity index (χ0v) is 10.0. The van der Waals surface area contributed by atoms with Gasteiger partial charge in [0.25, 0.3) is 0 Å². The maximum absolute atomic E-state index is 11.7. The van der Waals surface area contributed by atoms with E-state index in [1.807, 2.05) is 11.8 Å². The van der Waals surface area contributed by atoms with Crippen molar-refractivity contribution in [3.05, 3.63) is 0 Å². The van der Waals surface area contributed by atoms with Crippen LogP contribution in [-0.2, 0) is 4.79 Å². The lowest BCUT2D eigenvalue weighted by molar-refractivity contribution is -0.132. The molecule has 0 rings (SSSR count). The first kappa shape index (κ1) is 14.0. The summed E-state index contributed by atoms with van der Waals surface area (Å²) in [4.78, 5) is 13.5. The number of terminal acetylenes is 1. The van der Waals surface area contributed by atoms with Crippen molar-refractivity contribution >= 4 is 5.91 Å². The van der Waals surface area contributed by atoms with Crippen LogP contribution in [0.5, 0.6) is 0 Å². The predicted octanol–water partition coefficient (Wildman–Crippen LogP) is 1.23. The predicted molar refractivity (Wildman–Crippen MR) is 63.2 cm³/mol. The van der Waals surface area contributed by atoms with Crippen LogP contribution in [0, 0.1) is 17.8 Å². The van der Waals surface area contributed by atoms with E-state index in [0.29, 0.717) is 32.5 Å². The SMILES string of the molecule is C#CCCC(=O)N(CC)CC(C)(C)CN. The van der Waals surface area contributed by atoms with E-state index in [0.717, 1.165) is 0 Å². The summed E-state index contributed by atoms with van der Waals surface area (Å²) >= 11 is 0. The van der Waals surface area contributed by atoms with Gasteiger partial charge < -0.3 is 10.6 Å². The van der Waals surface area contributed by atoms with Gasteiger partial charge in [0.15, 0.2) is 0 Å². The highest BCUT2D eigenvalue weighted by Crippen LogP contribution is 2.15. The van der Waals surface area contributed by atoms with Crippen LogP contribution in [0.1, 0.15) is 33.6 Å². The zero-order valence-electron chi connectivity index (χ0n) is 10.0. The van der Waals surface area contributed by atoms with Gasteiger partial charge in [-0.15, -0.1) is 12.3 Å². The summed E-state index contributed by atoms with van der Waals surface area (Å²) < 4.78 is 0. The Morgan fingerprint density at radius 3 is 2.53 bits per heavy atom. The van der Waals surface area contributed by atoms with Crippen molar-refractivity contribution in [1.29, 1.82) is 0 Å². The van der Waals surface area contributed by atoms with Gasteiger partial charge in [-0.25, -0.2) is 0 Å². The number of nitrogens with zero attached hydrogens (tertiary/aromatic N) is 1. The average molecular weight is 210 g/mol. The highest BCUT2D eigenvalue weighted by molar-refractivity contribution is 5.76. The molecule has 0 aromatic rings. The lowest BCUT2D eigenvalue weighted by atomic mass is 9.93. The second-order valence-electron chi connectivity index (χ2n) is 4.48. The first-order chi connectivity index (χ1) is 6.96. The maximum atomic E-state index is 11.7. The van der Waals surface area contributed by atoms with E-state index in [1.54, 1.807) is 0 Å². The molecule has 0 heterocycles. The minimum atomic E-state index is -0.0260. The van der Waals surface area contributed by atoms with Gasteiger partial charge in [-0.1, -0.05) is 13.8 Å². The Hall–Kier alpha value is -1.01. The molecule has 0 spiro atoms. The molecule has 15 heavy (non-hydrogen) atoms. The Kier molecular flexibility index (Phi) is 6.03. The molecule has 0 unspecified atom stereocenters. The van der Waals surface area contributed by atoms with Crippen molar-refractivity contribution in [1.82, 2.24) is 4.90 Å². The number of rotatable bonds is 6. The van der Waals surface area contributed by atoms with Gasteiger partial charge in [-0.05, 0) is 18.9 Å². The second kappa shape index (κ2) is 6.47. The molecule has 0 aromatic carbocycles. The highest BCUT2D eigenvalue weighted by Gasteiger charge is 2.22. The van der Waals surface area contributed by atoms with Gasteiger partial charge in [0.1, 0.15) is 0 Å². The van der Waals surface area contributed by atoms with E-state index in [-0.39, 0.29) is 11.3 Å². The van der Waals surface area contributed by atoms with Gasteiger partial charge in [0.2, 0.25) is 5.91 Å². The molecule has 0 bridgehead atoms. The summed E-state index contributed by atoms with van der Waals surface area (Å²) in [6.45, 7) is 8.08. The van der Waals surface area contributed by atoms with Crippen LogP contribution in [-0.4, -0.2) is 30.4 Å².